The second-order valence-electron chi connectivity index (χ2n) is 6.20. The number of nitrogens with zero attached hydrogens (tertiary/aromatic N) is 3. The molecule has 7 nitrogen and oxygen atoms in total. The van der Waals surface area contributed by atoms with Crippen LogP contribution >= 0.6 is 0 Å². The molecule has 0 saturated heterocycles. The normalized spacial score (nSPS) is 12.4. The smallest absolute Gasteiger partial charge is 0.267 e. The standard InChI is InChI=1S/C18H20N4O3/c1-9-7-6-8-14(10(9)2)20-16(23)12(4)22-13(5)19-17-15(18(22)24)11(3)21-25-17/h6-8,12H,1-5H3,(H,20,23)/t12-/m1/s1. The highest BCUT2D eigenvalue weighted by Crippen LogP contribution is 2.20. The molecule has 130 valence electrons. The Bertz CT molecular complexity index is 1030. The van der Waals surface area contributed by atoms with Gasteiger partial charge in [-0.05, 0) is 51.8 Å². The lowest BCUT2D eigenvalue weighted by atomic mass is 10.1. The third-order valence-electron chi connectivity index (χ3n) is 4.52. The number of fused-ring (bicyclic) bond motifs is 1. The lowest BCUT2D eigenvalue weighted by Crippen LogP contribution is -2.34. The van der Waals surface area contributed by atoms with Crippen LogP contribution < -0.4 is 10.9 Å². The van der Waals surface area contributed by atoms with Crippen molar-refractivity contribution in [1.82, 2.24) is 14.7 Å². The quantitative estimate of drug-likeness (QED) is 0.792. The van der Waals surface area contributed by atoms with Gasteiger partial charge in [-0.2, -0.15) is 4.98 Å². The first-order valence-electron chi connectivity index (χ1n) is 8.03. The molecule has 7 heteroatoms. The zero-order valence-electron chi connectivity index (χ0n) is 14.9. The molecule has 0 aliphatic rings. The van der Waals surface area contributed by atoms with E-state index in [1.54, 1.807) is 20.8 Å². The monoisotopic (exact) mass is 340 g/mol. The maximum absolute atomic E-state index is 12.8. The largest absolute Gasteiger partial charge is 0.335 e. The summed E-state index contributed by atoms with van der Waals surface area (Å²) in [7, 11) is 0. The summed E-state index contributed by atoms with van der Waals surface area (Å²) in [5.41, 5.74) is 3.14. The number of carbonyl (C=O) groups is 1. The number of amides is 1. The van der Waals surface area contributed by atoms with E-state index in [0.717, 1.165) is 16.8 Å². The van der Waals surface area contributed by atoms with Gasteiger partial charge in [0.2, 0.25) is 5.91 Å². The molecule has 1 amide bonds. The SMILES string of the molecule is Cc1cccc(NC(=O)[C@@H](C)n2c(C)nc3onc(C)c3c2=O)c1C. The second-order valence-corrected chi connectivity index (χ2v) is 6.20. The van der Waals surface area contributed by atoms with Crippen LogP contribution in [0.15, 0.2) is 27.5 Å². The van der Waals surface area contributed by atoms with E-state index >= 15 is 0 Å². The van der Waals surface area contributed by atoms with Gasteiger partial charge in [0.15, 0.2) is 0 Å². The minimum absolute atomic E-state index is 0.193. The fourth-order valence-electron chi connectivity index (χ4n) is 2.85. The number of hydrogen-bond donors (Lipinski definition) is 1. The number of nitrogens with one attached hydrogen (secondary N) is 1. The Balaban J connectivity index is 2.00. The molecule has 0 aliphatic heterocycles. The Kier molecular flexibility index (Phi) is 4.16. The van der Waals surface area contributed by atoms with Crippen LogP contribution in [0.25, 0.3) is 11.1 Å². The Morgan fingerprint density at radius 2 is 1.96 bits per heavy atom. The third-order valence-corrected chi connectivity index (χ3v) is 4.52. The van der Waals surface area contributed by atoms with Crippen molar-refractivity contribution in [1.29, 1.82) is 0 Å². The van der Waals surface area contributed by atoms with Crippen molar-refractivity contribution < 1.29 is 9.32 Å². The number of aromatic nitrogens is 3. The van der Waals surface area contributed by atoms with Gasteiger partial charge in [0, 0.05) is 5.69 Å². The van der Waals surface area contributed by atoms with Crippen molar-refractivity contribution in [3.63, 3.8) is 0 Å². The van der Waals surface area contributed by atoms with Crippen LogP contribution in [0.1, 0.15) is 35.6 Å². The van der Waals surface area contributed by atoms with E-state index in [0.29, 0.717) is 16.9 Å². The van der Waals surface area contributed by atoms with Crippen LogP contribution in [0.3, 0.4) is 0 Å². The average Bonchev–Trinajstić information content (AvgIpc) is 2.92. The van der Waals surface area contributed by atoms with Gasteiger partial charge >= 0.3 is 0 Å². The van der Waals surface area contributed by atoms with E-state index in [-0.39, 0.29) is 17.2 Å². The topological polar surface area (TPSA) is 90.0 Å². The van der Waals surface area contributed by atoms with Crippen LogP contribution in [0.2, 0.25) is 0 Å². The molecule has 2 aromatic heterocycles. The van der Waals surface area contributed by atoms with E-state index in [2.05, 4.69) is 15.5 Å². The number of rotatable bonds is 3. The lowest BCUT2D eigenvalue weighted by molar-refractivity contribution is -0.118. The van der Waals surface area contributed by atoms with Crippen LogP contribution in [-0.4, -0.2) is 20.6 Å². The van der Waals surface area contributed by atoms with Gasteiger partial charge < -0.3 is 9.84 Å². The van der Waals surface area contributed by atoms with Crippen molar-refractivity contribution in [2.75, 3.05) is 5.32 Å². The first-order valence-corrected chi connectivity index (χ1v) is 8.03. The van der Waals surface area contributed by atoms with E-state index in [1.807, 2.05) is 32.0 Å². The predicted octanol–water partition coefficient (Wildman–Crippen LogP) is 2.82. The maximum Gasteiger partial charge on any atom is 0.267 e. The highest BCUT2D eigenvalue weighted by molar-refractivity contribution is 5.94. The number of benzene rings is 1. The van der Waals surface area contributed by atoms with Crippen LogP contribution in [0.4, 0.5) is 5.69 Å². The molecule has 1 atom stereocenters. The molecule has 1 N–H and O–H groups in total. The molecule has 0 unspecified atom stereocenters. The number of hydrogen-bond acceptors (Lipinski definition) is 5. The van der Waals surface area contributed by atoms with Gasteiger partial charge in [0.1, 0.15) is 17.3 Å². The first kappa shape index (κ1) is 16.9. The third kappa shape index (κ3) is 2.82. The summed E-state index contributed by atoms with van der Waals surface area (Å²) in [5.74, 6) is 0.117. The molecule has 3 rings (SSSR count). The van der Waals surface area contributed by atoms with Gasteiger partial charge in [-0.1, -0.05) is 17.3 Å². The second kappa shape index (κ2) is 6.16. The summed E-state index contributed by atoms with van der Waals surface area (Å²) in [6.07, 6.45) is 0. The maximum atomic E-state index is 12.8. The summed E-state index contributed by atoms with van der Waals surface area (Å²) in [4.78, 5) is 29.7. The van der Waals surface area contributed by atoms with Gasteiger partial charge in [0.05, 0.1) is 5.69 Å². The highest BCUT2D eigenvalue weighted by atomic mass is 16.5. The summed E-state index contributed by atoms with van der Waals surface area (Å²) in [6, 6.07) is 4.98. The molecule has 0 bridgehead atoms. The lowest BCUT2D eigenvalue weighted by Gasteiger charge is -2.18. The van der Waals surface area contributed by atoms with Gasteiger partial charge in [-0.15, -0.1) is 0 Å². The van der Waals surface area contributed by atoms with Crippen molar-refractivity contribution in [2.24, 2.45) is 0 Å². The molecule has 25 heavy (non-hydrogen) atoms. The Labute approximate surface area is 144 Å². The van der Waals surface area contributed by atoms with E-state index in [1.165, 1.54) is 4.57 Å². The van der Waals surface area contributed by atoms with E-state index in [9.17, 15) is 9.59 Å². The first-order chi connectivity index (χ1) is 11.8. The minimum Gasteiger partial charge on any atom is -0.335 e. The van der Waals surface area contributed by atoms with Gasteiger partial charge in [-0.25, -0.2) is 0 Å². The molecular weight excluding hydrogens is 320 g/mol. The Morgan fingerprint density at radius 1 is 1.24 bits per heavy atom. The van der Waals surface area contributed by atoms with Gasteiger partial charge in [-0.3, -0.25) is 14.2 Å². The molecule has 0 saturated carbocycles. The number of anilines is 1. The zero-order chi connectivity index (χ0) is 18.3. The molecule has 3 aromatic rings. The Hall–Kier alpha value is -2.96. The Morgan fingerprint density at radius 3 is 2.68 bits per heavy atom. The number of carbonyl (C=O) groups excluding carboxylic acids is 1. The summed E-state index contributed by atoms with van der Waals surface area (Å²) in [6.45, 7) is 8.94. The van der Waals surface area contributed by atoms with E-state index < -0.39 is 6.04 Å². The van der Waals surface area contributed by atoms with Crippen LogP contribution in [0, 0.1) is 27.7 Å². The fraction of sp³-hybridized carbons (Fsp3) is 0.333. The fourth-order valence-corrected chi connectivity index (χ4v) is 2.85. The molecule has 0 radical (unpaired) electrons. The van der Waals surface area contributed by atoms with E-state index in [4.69, 9.17) is 4.52 Å². The molecule has 0 spiro atoms. The molecular formula is C18H20N4O3. The molecule has 0 fully saturated rings. The summed E-state index contributed by atoms with van der Waals surface area (Å²) < 4.78 is 6.42. The van der Waals surface area contributed by atoms with Crippen molar-refractivity contribution in [3.8, 4) is 0 Å². The van der Waals surface area contributed by atoms with Crippen molar-refractivity contribution in [2.45, 2.75) is 40.7 Å². The zero-order valence-corrected chi connectivity index (χ0v) is 14.9. The average molecular weight is 340 g/mol. The summed E-state index contributed by atoms with van der Waals surface area (Å²) >= 11 is 0. The highest BCUT2D eigenvalue weighted by Gasteiger charge is 2.23. The minimum atomic E-state index is -0.724. The van der Waals surface area contributed by atoms with Crippen LogP contribution in [0.5, 0.6) is 0 Å². The number of aryl methyl sites for hydroxylation is 3. The van der Waals surface area contributed by atoms with Crippen LogP contribution in [-0.2, 0) is 4.79 Å². The molecule has 2 heterocycles. The summed E-state index contributed by atoms with van der Waals surface area (Å²) in [5, 5.41) is 6.98. The molecule has 1 aromatic carbocycles. The van der Waals surface area contributed by atoms with Crippen molar-refractivity contribution in [3.05, 3.63) is 51.2 Å². The van der Waals surface area contributed by atoms with Gasteiger partial charge in [0.25, 0.3) is 11.3 Å². The van der Waals surface area contributed by atoms with Crippen molar-refractivity contribution >= 4 is 22.7 Å². The predicted molar refractivity (Wildman–Crippen MR) is 94.8 cm³/mol. The molecule has 0 aliphatic carbocycles.